The Morgan fingerprint density at radius 3 is 3.12 bits per heavy atom. The van der Waals surface area contributed by atoms with Crippen LogP contribution < -0.4 is 0 Å². The molecule has 1 atom stereocenters. The molecule has 0 aromatic carbocycles. The van der Waals surface area contributed by atoms with Gasteiger partial charge in [0.2, 0.25) is 0 Å². The predicted octanol–water partition coefficient (Wildman–Crippen LogP) is 1.08. The molecule has 2 nitrogen and oxygen atoms in total. The van der Waals surface area contributed by atoms with Gasteiger partial charge in [-0.3, -0.25) is 0 Å². The van der Waals surface area contributed by atoms with Crippen molar-refractivity contribution in [3.05, 3.63) is 0 Å². The first kappa shape index (κ1) is 5.58. The van der Waals surface area contributed by atoms with Gasteiger partial charge in [-0.1, -0.05) is 0 Å². The van der Waals surface area contributed by atoms with E-state index in [0.717, 1.165) is 19.4 Å². The fourth-order valence-corrected chi connectivity index (χ4v) is 0.907. The van der Waals surface area contributed by atoms with Crippen LogP contribution in [0.4, 0.5) is 0 Å². The molecule has 0 aromatic rings. The molecule has 2 heteroatoms. The van der Waals surface area contributed by atoms with Gasteiger partial charge >= 0.3 is 0 Å². The molecule has 0 bridgehead atoms. The van der Waals surface area contributed by atoms with Crippen molar-refractivity contribution >= 4 is 0 Å². The van der Waals surface area contributed by atoms with Gasteiger partial charge in [-0.2, -0.15) is 5.26 Å². The zero-order valence-corrected chi connectivity index (χ0v) is 4.76. The van der Waals surface area contributed by atoms with E-state index in [1.54, 1.807) is 0 Å². The highest BCUT2D eigenvalue weighted by Gasteiger charge is 2.13. The van der Waals surface area contributed by atoms with Crippen molar-refractivity contribution in [2.24, 2.45) is 0 Å². The largest absolute Gasteiger partial charge is 0.377 e. The van der Waals surface area contributed by atoms with Crippen molar-refractivity contribution in [2.75, 3.05) is 6.61 Å². The van der Waals surface area contributed by atoms with Gasteiger partial charge in [0.15, 0.2) is 0 Å². The third-order valence-corrected chi connectivity index (χ3v) is 1.34. The zero-order valence-electron chi connectivity index (χ0n) is 4.76. The lowest BCUT2D eigenvalue weighted by Crippen LogP contribution is -2.01. The van der Waals surface area contributed by atoms with Gasteiger partial charge in [0, 0.05) is 6.61 Å². The molecule has 1 rings (SSSR count). The Hall–Kier alpha value is -0.550. The molecule has 0 radical (unpaired) electrons. The summed E-state index contributed by atoms with van der Waals surface area (Å²) in [7, 11) is 0. The number of hydrogen-bond donors (Lipinski definition) is 0. The maximum atomic E-state index is 8.20. The van der Waals surface area contributed by atoms with Crippen LogP contribution in [0.25, 0.3) is 0 Å². The van der Waals surface area contributed by atoms with Crippen LogP contribution in [0.5, 0.6) is 0 Å². The summed E-state index contributed by atoms with van der Waals surface area (Å²) in [5.41, 5.74) is 0. The van der Waals surface area contributed by atoms with Crippen molar-refractivity contribution < 1.29 is 4.74 Å². The molecule has 1 aliphatic rings. The van der Waals surface area contributed by atoms with Crippen LogP contribution in [0.2, 0.25) is 0 Å². The number of nitrogens with zero attached hydrogens (tertiary/aromatic N) is 1. The maximum absolute atomic E-state index is 8.20. The Morgan fingerprint density at radius 2 is 2.62 bits per heavy atom. The van der Waals surface area contributed by atoms with Crippen LogP contribution in [0.3, 0.4) is 0 Å². The van der Waals surface area contributed by atoms with Crippen LogP contribution in [0.15, 0.2) is 0 Å². The Kier molecular flexibility index (Phi) is 1.87. The zero-order chi connectivity index (χ0) is 5.82. The fourth-order valence-electron chi connectivity index (χ4n) is 0.907. The van der Waals surface area contributed by atoms with Gasteiger partial charge in [-0.15, -0.1) is 0 Å². The monoisotopic (exact) mass is 111 g/mol. The molecule has 0 unspecified atom stereocenters. The average molecular weight is 111 g/mol. The standard InChI is InChI=1S/C6H9NO/c7-4-3-6-2-1-5-8-6/h6H,1-3,5H2/t6-/m1/s1. The first-order chi connectivity index (χ1) is 3.93. The van der Waals surface area contributed by atoms with Gasteiger partial charge in [0.1, 0.15) is 0 Å². The highest BCUT2D eigenvalue weighted by atomic mass is 16.5. The molecule has 1 fully saturated rings. The average Bonchev–Trinajstić information content (AvgIpc) is 2.19. The molecule has 1 saturated heterocycles. The lowest BCUT2D eigenvalue weighted by Gasteiger charge is -1.99. The van der Waals surface area contributed by atoms with Gasteiger partial charge in [0.05, 0.1) is 18.6 Å². The Morgan fingerprint density at radius 1 is 1.75 bits per heavy atom. The Bertz CT molecular complexity index is 99.6. The lowest BCUT2D eigenvalue weighted by molar-refractivity contribution is 0.115. The van der Waals surface area contributed by atoms with Crippen molar-refractivity contribution in [3.63, 3.8) is 0 Å². The van der Waals surface area contributed by atoms with Gasteiger partial charge in [-0.05, 0) is 12.8 Å². The molecular weight excluding hydrogens is 102 g/mol. The molecule has 1 heterocycles. The normalized spacial score (nSPS) is 27.6. The SMILES string of the molecule is N#CC[C@H]1CCCO1. The molecule has 0 aliphatic carbocycles. The quantitative estimate of drug-likeness (QED) is 0.507. The molecule has 0 N–H and O–H groups in total. The number of ether oxygens (including phenoxy) is 1. The topological polar surface area (TPSA) is 33.0 Å². The van der Waals surface area contributed by atoms with Gasteiger partial charge in [-0.25, -0.2) is 0 Å². The summed E-state index contributed by atoms with van der Waals surface area (Å²) in [6.45, 7) is 0.854. The van der Waals surface area contributed by atoms with Crippen LogP contribution >= 0.6 is 0 Å². The van der Waals surface area contributed by atoms with E-state index in [-0.39, 0.29) is 6.10 Å². The predicted molar refractivity (Wildman–Crippen MR) is 29.2 cm³/mol. The maximum Gasteiger partial charge on any atom is 0.0705 e. The van der Waals surface area contributed by atoms with Crippen LogP contribution in [0.1, 0.15) is 19.3 Å². The van der Waals surface area contributed by atoms with E-state index in [1.807, 2.05) is 0 Å². The Balaban J connectivity index is 2.17. The summed E-state index contributed by atoms with van der Waals surface area (Å²) in [5, 5.41) is 8.20. The lowest BCUT2D eigenvalue weighted by atomic mass is 10.2. The van der Waals surface area contributed by atoms with E-state index in [4.69, 9.17) is 10.00 Å². The summed E-state index contributed by atoms with van der Waals surface area (Å²) in [5.74, 6) is 0. The van der Waals surface area contributed by atoms with Crippen LogP contribution in [-0.2, 0) is 4.74 Å². The van der Waals surface area contributed by atoms with Gasteiger partial charge < -0.3 is 4.74 Å². The van der Waals surface area contributed by atoms with Crippen molar-refractivity contribution in [1.29, 1.82) is 5.26 Å². The van der Waals surface area contributed by atoms with Crippen LogP contribution in [0, 0.1) is 11.3 Å². The summed E-state index contributed by atoms with van der Waals surface area (Å²) in [4.78, 5) is 0. The highest BCUT2D eigenvalue weighted by Crippen LogP contribution is 2.13. The highest BCUT2D eigenvalue weighted by molar-refractivity contribution is 4.78. The summed E-state index contributed by atoms with van der Waals surface area (Å²) < 4.78 is 5.17. The summed E-state index contributed by atoms with van der Waals surface area (Å²) in [6, 6.07) is 2.08. The van der Waals surface area contributed by atoms with Crippen molar-refractivity contribution in [1.82, 2.24) is 0 Å². The second-order valence-corrected chi connectivity index (χ2v) is 2.00. The minimum Gasteiger partial charge on any atom is -0.377 e. The van der Waals surface area contributed by atoms with E-state index < -0.39 is 0 Å². The number of rotatable bonds is 1. The third-order valence-electron chi connectivity index (χ3n) is 1.34. The van der Waals surface area contributed by atoms with Crippen LogP contribution in [-0.4, -0.2) is 12.7 Å². The number of hydrogen-bond acceptors (Lipinski definition) is 2. The van der Waals surface area contributed by atoms with E-state index in [0.29, 0.717) is 6.42 Å². The molecule has 1 aliphatic heterocycles. The summed E-state index contributed by atoms with van der Waals surface area (Å²) >= 11 is 0. The van der Waals surface area contributed by atoms with E-state index in [9.17, 15) is 0 Å². The Labute approximate surface area is 49.1 Å². The second kappa shape index (κ2) is 2.68. The molecular formula is C6H9NO. The fraction of sp³-hybridized carbons (Fsp3) is 0.833. The van der Waals surface area contributed by atoms with Crippen molar-refractivity contribution in [3.8, 4) is 6.07 Å². The summed E-state index contributed by atoms with van der Waals surface area (Å²) in [6.07, 6.45) is 3.03. The van der Waals surface area contributed by atoms with Crippen molar-refractivity contribution in [2.45, 2.75) is 25.4 Å². The molecule has 0 saturated carbocycles. The smallest absolute Gasteiger partial charge is 0.0705 e. The minimum atomic E-state index is 0.250. The molecule has 0 amide bonds. The van der Waals surface area contributed by atoms with E-state index >= 15 is 0 Å². The third kappa shape index (κ3) is 1.21. The minimum absolute atomic E-state index is 0.250. The van der Waals surface area contributed by atoms with E-state index in [2.05, 4.69) is 6.07 Å². The molecule has 8 heavy (non-hydrogen) atoms. The molecule has 0 spiro atoms. The number of nitriles is 1. The molecule has 44 valence electrons. The second-order valence-electron chi connectivity index (χ2n) is 2.00. The first-order valence-electron chi connectivity index (χ1n) is 2.92. The van der Waals surface area contributed by atoms with Gasteiger partial charge in [0.25, 0.3) is 0 Å². The first-order valence-corrected chi connectivity index (χ1v) is 2.92. The molecule has 0 aromatic heterocycles. The van der Waals surface area contributed by atoms with E-state index in [1.165, 1.54) is 0 Å².